The van der Waals surface area contributed by atoms with Crippen LogP contribution in [0.2, 0.25) is 0 Å². The van der Waals surface area contributed by atoms with Crippen molar-refractivity contribution in [3.63, 3.8) is 0 Å². The Kier molecular flexibility index (Phi) is 2.49. The lowest BCUT2D eigenvalue weighted by Gasteiger charge is -2.01. The minimum atomic E-state index is -0.512. The highest BCUT2D eigenvalue weighted by atomic mass is 32.1. The van der Waals surface area contributed by atoms with E-state index in [2.05, 4.69) is 4.98 Å². The predicted octanol–water partition coefficient (Wildman–Crippen LogP) is 1.94. The van der Waals surface area contributed by atoms with Gasteiger partial charge in [0, 0.05) is 0 Å². The highest BCUT2D eigenvalue weighted by Gasteiger charge is 2.00. The summed E-state index contributed by atoms with van der Waals surface area (Å²) in [4.78, 5) is 13.6. The van der Waals surface area contributed by atoms with Gasteiger partial charge < -0.3 is 9.72 Å². The summed E-state index contributed by atoms with van der Waals surface area (Å²) in [6.45, 7) is -0.466. The quantitative estimate of drug-likeness (QED) is 0.846. The fourth-order valence-corrected chi connectivity index (χ4v) is 1.94. The number of aromatic nitrogens is 1. The van der Waals surface area contributed by atoms with Gasteiger partial charge in [0.2, 0.25) is 0 Å². The summed E-state index contributed by atoms with van der Waals surface area (Å²) in [6.07, 6.45) is 0. The van der Waals surface area contributed by atoms with Gasteiger partial charge in [0.05, 0.1) is 10.2 Å². The van der Waals surface area contributed by atoms with E-state index >= 15 is 0 Å². The van der Waals surface area contributed by atoms with Crippen molar-refractivity contribution in [3.05, 3.63) is 27.9 Å². The number of ether oxygens (including phenoxy) is 1. The molecule has 2 aromatic rings. The molecule has 1 N–H and O–H groups in total. The zero-order valence-electron chi connectivity index (χ0n) is 7.25. The number of H-pyrrole nitrogens is 1. The Labute approximate surface area is 83.1 Å². The Morgan fingerprint density at radius 1 is 1.50 bits per heavy atom. The molecule has 0 spiro atoms. The third kappa shape index (κ3) is 1.77. The lowest BCUT2D eigenvalue weighted by Crippen LogP contribution is -1.97. The number of thiazole rings is 1. The number of fused-ring (bicyclic) bond motifs is 1. The van der Waals surface area contributed by atoms with Crippen molar-refractivity contribution in [2.75, 3.05) is 13.3 Å². The molecule has 0 fully saturated rings. The molecule has 5 heteroatoms. The standard InChI is InChI=1S/C9H8FNO2S/c10-3-4-13-6-1-2-7-8(5-6)14-9(12)11-7/h1-2,5H,3-4H2,(H,11,12). The van der Waals surface area contributed by atoms with Gasteiger partial charge in [-0.25, -0.2) is 4.39 Å². The smallest absolute Gasteiger partial charge is 0.305 e. The lowest BCUT2D eigenvalue weighted by molar-refractivity contribution is 0.273. The van der Waals surface area contributed by atoms with Crippen LogP contribution in [0.3, 0.4) is 0 Å². The molecule has 0 bridgehead atoms. The van der Waals surface area contributed by atoms with Crippen molar-refractivity contribution in [1.82, 2.24) is 4.98 Å². The van der Waals surface area contributed by atoms with E-state index in [1.807, 2.05) is 0 Å². The first-order chi connectivity index (χ1) is 6.79. The average molecular weight is 213 g/mol. The zero-order valence-corrected chi connectivity index (χ0v) is 8.07. The van der Waals surface area contributed by atoms with Crippen LogP contribution in [0.15, 0.2) is 23.0 Å². The third-order valence-corrected chi connectivity index (χ3v) is 2.58. The normalized spacial score (nSPS) is 10.6. The van der Waals surface area contributed by atoms with Gasteiger partial charge in [-0.15, -0.1) is 0 Å². The van der Waals surface area contributed by atoms with Gasteiger partial charge in [-0.05, 0) is 18.2 Å². The fourth-order valence-electron chi connectivity index (χ4n) is 1.17. The fraction of sp³-hybridized carbons (Fsp3) is 0.222. The molecule has 1 heterocycles. The second kappa shape index (κ2) is 3.79. The number of hydrogen-bond acceptors (Lipinski definition) is 3. The van der Waals surface area contributed by atoms with Crippen molar-refractivity contribution in [2.24, 2.45) is 0 Å². The number of nitrogens with one attached hydrogen (secondary N) is 1. The summed E-state index contributed by atoms with van der Waals surface area (Å²) < 4.78 is 17.7. The van der Waals surface area contributed by atoms with E-state index in [0.29, 0.717) is 5.75 Å². The molecular weight excluding hydrogens is 205 g/mol. The number of aromatic amines is 1. The molecule has 2 rings (SSSR count). The van der Waals surface area contributed by atoms with Crippen molar-refractivity contribution < 1.29 is 9.13 Å². The molecule has 0 saturated heterocycles. The molecule has 0 atom stereocenters. The summed E-state index contributed by atoms with van der Waals surface area (Å²) in [5, 5.41) is 0. The third-order valence-electron chi connectivity index (χ3n) is 1.74. The second-order valence-corrected chi connectivity index (χ2v) is 3.72. The van der Waals surface area contributed by atoms with E-state index in [-0.39, 0.29) is 11.5 Å². The van der Waals surface area contributed by atoms with Gasteiger partial charge in [-0.1, -0.05) is 11.3 Å². The molecule has 1 aromatic carbocycles. The van der Waals surface area contributed by atoms with Crippen molar-refractivity contribution in [1.29, 1.82) is 0 Å². The number of hydrogen-bond donors (Lipinski definition) is 1. The lowest BCUT2D eigenvalue weighted by atomic mass is 10.3. The maximum Gasteiger partial charge on any atom is 0.305 e. The molecule has 74 valence electrons. The molecule has 1 aromatic heterocycles. The molecule has 0 aliphatic heterocycles. The Morgan fingerprint density at radius 2 is 2.36 bits per heavy atom. The zero-order chi connectivity index (χ0) is 9.97. The van der Waals surface area contributed by atoms with Gasteiger partial charge in [0.15, 0.2) is 0 Å². The van der Waals surface area contributed by atoms with E-state index in [1.54, 1.807) is 18.2 Å². The highest BCUT2D eigenvalue weighted by Crippen LogP contribution is 2.20. The van der Waals surface area contributed by atoms with Crippen LogP contribution in [0.5, 0.6) is 5.75 Å². The molecule has 0 unspecified atom stereocenters. The molecule has 0 saturated carbocycles. The van der Waals surface area contributed by atoms with Crippen LogP contribution >= 0.6 is 11.3 Å². The van der Waals surface area contributed by atoms with E-state index < -0.39 is 6.67 Å². The SMILES string of the molecule is O=c1[nH]c2ccc(OCCF)cc2s1. The maximum atomic E-state index is 11.8. The molecule has 3 nitrogen and oxygen atoms in total. The number of halogens is 1. The van der Waals surface area contributed by atoms with Crippen LogP contribution in [-0.2, 0) is 0 Å². The van der Waals surface area contributed by atoms with Crippen LogP contribution < -0.4 is 9.61 Å². The van der Waals surface area contributed by atoms with Gasteiger partial charge in [0.25, 0.3) is 0 Å². The largest absolute Gasteiger partial charge is 0.491 e. The number of benzene rings is 1. The monoisotopic (exact) mass is 213 g/mol. The van der Waals surface area contributed by atoms with Crippen LogP contribution in [0, 0.1) is 0 Å². The van der Waals surface area contributed by atoms with Crippen LogP contribution in [0.25, 0.3) is 10.2 Å². The van der Waals surface area contributed by atoms with E-state index in [4.69, 9.17) is 4.74 Å². The van der Waals surface area contributed by atoms with Crippen molar-refractivity contribution >= 4 is 21.6 Å². The average Bonchev–Trinajstić information content (AvgIpc) is 2.54. The summed E-state index contributed by atoms with van der Waals surface area (Å²) in [5.74, 6) is 0.588. The van der Waals surface area contributed by atoms with E-state index in [1.165, 1.54) is 0 Å². The highest BCUT2D eigenvalue weighted by molar-refractivity contribution is 7.16. The van der Waals surface area contributed by atoms with Gasteiger partial charge in [-0.2, -0.15) is 0 Å². The Bertz CT molecular complexity index is 491. The molecular formula is C9H8FNO2S. The first-order valence-electron chi connectivity index (χ1n) is 4.11. The first-order valence-corrected chi connectivity index (χ1v) is 4.93. The van der Waals surface area contributed by atoms with Crippen LogP contribution in [0.1, 0.15) is 0 Å². The predicted molar refractivity (Wildman–Crippen MR) is 53.9 cm³/mol. The second-order valence-electron chi connectivity index (χ2n) is 2.71. The van der Waals surface area contributed by atoms with E-state index in [9.17, 15) is 9.18 Å². The van der Waals surface area contributed by atoms with Crippen molar-refractivity contribution in [2.45, 2.75) is 0 Å². The number of rotatable bonds is 3. The minimum absolute atomic E-state index is 0.0465. The van der Waals surface area contributed by atoms with Gasteiger partial charge in [0.1, 0.15) is 19.0 Å². The maximum absolute atomic E-state index is 11.8. The Balaban J connectivity index is 2.35. The molecule has 0 aliphatic carbocycles. The van der Waals surface area contributed by atoms with Crippen LogP contribution in [0.4, 0.5) is 4.39 Å². The first kappa shape index (κ1) is 9.21. The van der Waals surface area contributed by atoms with Crippen molar-refractivity contribution in [3.8, 4) is 5.75 Å². The van der Waals surface area contributed by atoms with Gasteiger partial charge in [-0.3, -0.25) is 4.79 Å². The number of alkyl halides is 1. The Morgan fingerprint density at radius 3 is 3.14 bits per heavy atom. The topological polar surface area (TPSA) is 42.1 Å². The molecule has 14 heavy (non-hydrogen) atoms. The minimum Gasteiger partial charge on any atom is -0.491 e. The van der Waals surface area contributed by atoms with E-state index in [0.717, 1.165) is 21.6 Å². The molecule has 0 aliphatic rings. The summed E-state index contributed by atoms with van der Waals surface area (Å²) in [5.41, 5.74) is 0.785. The summed E-state index contributed by atoms with van der Waals surface area (Å²) in [7, 11) is 0. The van der Waals surface area contributed by atoms with Crippen LogP contribution in [-0.4, -0.2) is 18.3 Å². The Hall–Kier alpha value is -1.36. The summed E-state index contributed by atoms with van der Waals surface area (Å²) in [6, 6.07) is 5.19. The molecule has 0 amide bonds. The molecule has 0 radical (unpaired) electrons. The van der Waals surface area contributed by atoms with Gasteiger partial charge >= 0.3 is 4.87 Å². The summed E-state index contributed by atoms with van der Waals surface area (Å²) >= 11 is 1.11.